The van der Waals surface area contributed by atoms with Crippen molar-refractivity contribution in [1.82, 2.24) is 0 Å². The lowest BCUT2D eigenvalue weighted by molar-refractivity contribution is -0.226. The zero-order valence-electron chi connectivity index (χ0n) is 19.8. The Kier molecular flexibility index (Phi) is 7.81. The van der Waals surface area contributed by atoms with Gasteiger partial charge in [0.2, 0.25) is 0 Å². The van der Waals surface area contributed by atoms with Crippen LogP contribution in [-0.4, -0.2) is 50.6 Å². The second-order valence-electron chi connectivity index (χ2n) is 7.81. The Balaban J connectivity index is 1.66. The number of rotatable bonds is 14. The summed E-state index contributed by atoms with van der Waals surface area (Å²) in [4.78, 5) is 0. The molecule has 0 bridgehead atoms. The van der Waals surface area contributed by atoms with Crippen LogP contribution >= 0.6 is 0 Å². The van der Waals surface area contributed by atoms with Gasteiger partial charge in [-0.05, 0) is 38.8 Å². The van der Waals surface area contributed by atoms with E-state index in [4.69, 9.17) is 33.2 Å². The maximum atomic E-state index is 6.80. The third-order valence-electron chi connectivity index (χ3n) is 5.65. The van der Waals surface area contributed by atoms with Crippen molar-refractivity contribution in [2.45, 2.75) is 64.1 Å². The molecular formula is C26H34O7. The van der Waals surface area contributed by atoms with Crippen molar-refractivity contribution in [2.24, 2.45) is 0 Å². The molecule has 33 heavy (non-hydrogen) atoms. The number of hydrogen-bond donors (Lipinski definition) is 0. The lowest BCUT2D eigenvalue weighted by Crippen LogP contribution is -2.32. The van der Waals surface area contributed by atoms with Crippen molar-refractivity contribution in [3.8, 4) is 0 Å². The Hall–Kier alpha value is -1.84. The van der Waals surface area contributed by atoms with Gasteiger partial charge in [0.25, 0.3) is 0 Å². The number of ether oxygens (including phenoxy) is 7. The van der Waals surface area contributed by atoms with Crippen molar-refractivity contribution in [2.75, 3.05) is 26.4 Å². The van der Waals surface area contributed by atoms with Crippen molar-refractivity contribution >= 4 is 0 Å². The molecule has 0 aromatic heterocycles. The van der Waals surface area contributed by atoms with E-state index in [0.29, 0.717) is 26.4 Å². The van der Waals surface area contributed by atoms with Crippen LogP contribution in [0.1, 0.15) is 51.0 Å². The van der Waals surface area contributed by atoms with Gasteiger partial charge >= 0.3 is 11.9 Å². The van der Waals surface area contributed by atoms with E-state index in [1.807, 2.05) is 88.4 Å². The molecule has 7 nitrogen and oxygen atoms in total. The highest BCUT2D eigenvalue weighted by Crippen LogP contribution is 2.53. The SMILES string of the molecule is CCOC1(OCC)OC1C(OC(c1ccccc1)C1OC1(OCC)OCC)c1ccccc1. The van der Waals surface area contributed by atoms with E-state index in [1.165, 1.54) is 0 Å². The summed E-state index contributed by atoms with van der Waals surface area (Å²) >= 11 is 0. The fourth-order valence-electron chi connectivity index (χ4n) is 4.23. The van der Waals surface area contributed by atoms with Gasteiger partial charge in [0.05, 0.1) is 0 Å². The van der Waals surface area contributed by atoms with E-state index in [1.54, 1.807) is 0 Å². The first-order chi connectivity index (χ1) is 16.1. The van der Waals surface area contributed by atoms with Gasteiger partial charge in [-0.3, -0.25) is 0 Å². The molecule has 4 rings (SSSR count). The molecular weight excluding hydrogens is 424 g/mol. The first-order valence-corrected chi connectivity index (χ1v) is 11.8. The smallest absolute Gasteiger partial charge is 0.314 e. The van der Waals surface area contributed by atoms with Crippen LogP contribution in [0.4, 0.5) is 0 Å². The van der Waals surface area contributed by atoms with Gasteiger partial charge in [0.15, 0.2) is 12.2 Å². The largest absolute Gasteiger partial charge is 0.359 e. The Morgan fingerprint density at radius 3 is 1.24 bits per heavy atom. The highest BCUT2D eigenvalue weighted by Gasteiger charge is 2.68. The van der Waals surface area contributed by atoms with Crippen LogP contribution < -0.4 is 0 Å². The predicted octanol–water partition coefficient (Wildman–Crippen LogP) is 4.74. The third-order valence-corrected chi connectivity index (χ3v) is 5.65. The van der Waals surface area contributed by atoms with E-state index < -0.39 is 36.4 Å². The van der Waals surface area contributed by atoms with E-state index in [9.17, 15) is 0 Å². The topological polar surface area (TPSA) is 71.2 Å². The molecule has 0 aliphatic carbocycles. The highest BCUT2D eigenvalue weighted by molar-refractivity contribution is 5.25. The summed E-state index contributed by atoms with van der Waals surface area (Å²) in [5.41, 5.74) is 1.92. The second kappa shape index (κ2) is 10.6. The third kappa shape index (κ3) is 5.15. The first kappa shape index (κ1) is 24.3. The van der Waals surface area contributed by atoms with Crippen molar-refractivity contribution in [3.63, 3.8) is 0 Å². The summed E-state index contributed by atoms with van der Waals surface area (Å²) in [5, 5.41) is 0. The van der Waals surface area contributed by atoms with E-state index >= 15 is 0 Å². The summed E-state index contributed by atoms with van der Waals surface area (Å²) in [6.45, 7) is 9.52. The first-order valence-electron chi connectivity index (χ1n) is 11.8. The maximum absolute atomic E-state index is 6.80. The predicted molar refractivity (Wildman–Crippen MR) is 121 cm³/mol. The molecule has 7 heteroatoms. The molecule has 2 fully saturated rings. The number of benzene rings is 2. The van der Waals surface area contributed by atoms with Crippen molar-refractivity contribution in [3.05, 3.63) is 71.8 Å². The molecule has 2 heterocycles. The fraction of sp³-hybridized carbons (Fsp3) is 0.538. The summed E-state index contributed by atoms with van der Waals surface area (Å²) in [7, 11) is 0. The van der Waals surface area contributed by atoms with Gasteiger partial charge in [-0.2, -0.15) is 0 Å². The normalized spacial score (nSPS) is 24.2. The van der Waals surface area contributed by atoms with Gasteiger partial charge in [-0.25, -0.2) is 0 Å². The van der Waals surface area contributed by atoms with Gasteiger partial charge in [0, 0.05) is 26.4 Å². The van der Waals surface area contributed by atoms with E-state index in [2.05, 4.69) is 0 Å². The molecule has 0 spiro atoms. The molecule has 2 aliphatic rings. The molecule has 2 aliphatic heterocycles. The summed E-state index contributed by atoms with van der Waals surface area (Å²) < 4.78 is 42.3. The lowest BCUT2D eigenvalue weighted by Gasteiger charge is -2.26. The molecule has 0 radical (unpaired) electrons. The zero-order valence-corrected chi connectivity index (χ0v) is 19.8. The van der Waals surface area contributed by atoms with Gasteiger partial charge in [-0.15, -0.1) is 0 Å². The van der Waals surface area contributed by atoms with Crippen LogP contribution in [0.15, 0.2) is 60.7 Å². The van der Waals surface area contributed by atoms with Gasteiger partial charge in [-0.1, -0.05) is 60.7 Å². The van der Waals surface area contributed by atoms with Gasteiger partial charge in [0.1, 0.15) is 12.2 Å². The van der Waals surface area contributed by atoms with Gasteiger partial charge < -0.3 is 33.2 Å². The quantitative estimate of drug-likeness (QED) is 0.299. The molecule has 4 unspecified atom stereocenters. The van der Waals surface area contributed by atoms with Crippen LogP contribution in [0, 0.1) is 0 Å². The Labute approximate surface area is 195 Å². The van der Waals surface area contributed by atoms with Crippen molar-refractivity contribution < 1.29 is 33.2 Å². The molecule has 2 aromatic rings. The fourth-order valence-corrected chi connectivity index (χ4v) is 4.23. The second-order valence-corrected chi connectivity index (χ2v) is 7.81. The molecule has 2 aromatic carbocycles. The minimum atomic E-state index is -1.12. The Morgan fingerprint density at radius 1 is 0.606 bits per heavy atom. The number of epoxide rings is 2. The molecule has 0 saturated carbocycles. The highest BCUT2D eigenvalue weighted by atomic mass is 17.0. The van der Waals surface area contributed by atoms with Crippen LogP contribution in [0.25, 0.3) is 0 Å². The van der Waals surface area contributed by atoms with Crippen LogP contribution in [-0.2, 0) is 33.2 Å². The van der Waals surface area contributed by atoms with Crippen LogP contribution in [0.5, 0.6) is 0 Å². The molecule has 180 valence electrons. The van der Waals surface area contributed by atoms with Crippen LogP contribution in [0.2, 0.25) is 0 Å². The van der Waals surface area contributed by atoms with E-state index in [-0.39, 0.29) is 0 Å². The molecule has 4 atom stereocenters. The summed E-state index contributed by atoms with van der Waals surface area (Å²) in [6, 6.07) is 19.9. The van der Waals surface area contributed by atoms with Crippen LogP contribution in [0.3, 0.4) is 0 Å². The Bertz CT molecular complexity index is 776. The number of hydrogen-bond acceptors (Lipinski definition) is 7. The minimum absolute atomic E-state index is 0.432. The monoisotopic (exact) mass is 458 g/mol. The maximum Gasteiger partial charge on any atom is 0.314 e. The van der Waals surface area contributed by atoms with E-state index in [0.717, 1.165) is 11.1 Å². The molecule has 0 amide bonds. The zero-order chi connectivity index (χ0) is 23.3. The average Bonchev–Trinajstić information content (AvgIpc) is 3.72. The summed E-state index contributed by atoms with van der Waals surface area (Å²) in [6.07, 6.45) is -1.78. The Morgan fingerprint density at radius 2 is 0.939 bits per heavy atom. The molecule has 2 saturated heterocycles. The minimum Gasteiger partial charge on any atom is -0.359 e. The average molecular weight is 459 g/mol. The standard InChI is InChI=1S/C26H34O7/c1-5-27-25(28-6-2)23(32-25)21(19-15-11-9-12-16-19)31-22(20-17-13-10-14-18-20)24-26(33-24,29-7-3)30-8-4/h9-18,21-24H,5-8H2,1-4H3. The summed E-state index contributed by atoms with van der Waals surface area (Å²) in [5.74, 6) is -2.24. The molecule has 0 N–H and O–H groups in total. The van der Waals surface area contributed by atoms with Crippen molar-refractivity contribution in [1.29, 1.82) is 0 Å². The lowest BCUT2D eigenvalue weighted by atomic mass is 10.0.